The fourth-order valence-electron chi connectivity index (χ4n) is 3.18. The number of hydrogen-bond donors (Lipinski definition) is 0. The topological polar surface area (TPSA) is 3.24 Å². The van der Waals surface area contributed by atoms with Crippen LogP contribution in [0.1, 0.15) is 30.5 Å². The Labute approximate surface area is 177 Å². The van der Waals surface area contributed by atoms with Gasteiger partial charge in [-0.15, -0.1) is 0 Å². The highest BCUT2D eigenvalue weighted by Crippen LogP contribution is 2.38. The predicted octanol–water partition coefficient (Wildman–Crippen LogP) is 5.79. The lowest BCUT2D eigenvalue weighted by atomic mass is 10.1. The third kappa shape index (κ3) is 5.30. The highest BCUT2D eigenvalue weighted by molar-refractivity contribution is 7.70. The average Bonchev–Trinajstić information content (AvgIpc) is 2.76. The van der Waals surface area contributed by atoms with Gasteiger partial charge in [0.2, 0.25) is 0 Å². The van der Waals surface area contributed by atoms with Crippen molar-refractivity contribution in [1.82, 2.24) is 4.67 Å². The molecule has 154 valence electrons. The van der Waals surface area contributed by atoms with Crippen molar-refractivity contribution in [2.24, 2.45) is 0 Å². The maximum absolute atomic E-state index is 12.8. The smallest absolute Gasteiger partial charge is 0.275 e. The zero-order valence-electron chi connectivity index (χ0n) is 16.9. The molecule has 0 saturated carbocycles. The molecule has 0 aliphatic rings. The van der Waals surface area contributed by atoms with Crippen LogP contribution in [0.4, 0.5) is 13.2 Å². The molecule has 0 aliphatic heterocycles. The molecule has 0 aliphatic carbocycles. The molecule has 0 spiro atoms. The summed E-state index contributed by atoms with van der Waals surface area (Å²) in [6, 6.07) is 23.4. The lowest BCUT2D eigenvalue weighted by molar-refractivity contribution is -0.137. The molecule has 0 saturated heterocycles. The van der Waals surface area contributed by atoms with Crippen LogP contribution in [-0.4, -0.2) is 17.8 Å². The maximum atomic E-state index is 12.8. The van der Waals surface area contributed by atoms with E-state index in [1.54, 1.807) is 0 Å². The van der Waals surface area contributed by atoms with E-state index < -0.39 is 19.8 Å². The van der Waals surface area contributed by atoms with Gasteiger partial charge in [0.15, 0.2) is 0 Å². The summed E-state index contributed by atoms with van der Waals surface area (Å²) in [6.07, 6.45) is -4.34. The Hall–Kier alpha value is -2.60. The summed E-state index contributed by atoms with van der Waals surface area (Å²) < 4.78 is 40.8. The number of halogens is 3. The van der Waals surface area contributed by atoms with Gasteiger partial charge >= 0.3 is 6.18 Å². The van der Waals surface area contributed by atoms with Crippen molar-refractivity contribution in [1.29, 1.82) is 0 Å². The van der Waals surface area contributed by atoms with Crippen molar-refractivity contribution < 1.29 is 13.2 Å². The summed E-state index contributed by atoms with van der Waals surface area (Å²) in [7, 11) is -0.754. The van der Waals surface area contributed by atoms with E-state index in [4.69, 9.17) is 0 Å². The quantitative estimate of drug-likeness (QED) is 0.369. The average molecular weight is 425 g/mol. The maximum Gasteiger partial charge on any atom is 0.416 e. The van der Waals surface area contributed by atoms with Gasteiger partial charge in [0, 0.05) is 24.5 Å². The summed E-state index contributed by atoms with van der Waals surface area (Å²) in [5, 5.41) is 2.40. The second-order valence-corrected chi connectivity index (χ2v) is 8.82. The molecule has 5 heteroatoms. The fraction of sp³-hybridized carbons (Fsp3) is 0.200. The molecule has 0 bridgehead atoms. The minimum atomic E-state index is -4.34. The van der Waals surface area contributed by atoms with Gasteiger partial charge in [-0.05, 0) is 48.7 Å². The molecule has 1 unspecified atom stereocenters. The molecule has 0 amide bonds. The first-order chi connectivity index (χ1) is 14.4. The largest absolute Gasteiger partial charge is 0.416 e. The van der Waals surface area contributed by atoms with E-state index in [9.17, 15) is 13.2 Å². The van der Waals surface area contributed by atoms with Gasteiger partial charge in [0.1, 0.15) is 0 Å². The summed E-state index contributed by atoms with van der Waals surface area (Å²) in [4.78, 5) is 0. The van der Waals surface area contributed by atoms with Crippen LogP contribution in [0.5, 0.6) is 0 Å². The Balaban J connectivity index is 2.00. The second kappa shape index (κ2) is 9.94. The van der Waals surface area contributed by atoms with Crippen LogP contribution in [0.25, 0.3) is 0 Å². The van der Waals surface area contributed by atoms with Crippen molar-refractivity contribution in [3.05, 3.63) is 95.6 Å². The number of hydrogen-bond acceptors (Lipinski definition) is 1. The molecule has 0 heterocycles. The summed E-state index contributed by atoms with van der Waals surface area (Å²) in [5.41, 5.74) is 0.798. The van der Waals surface area contributed by atoms with Crippen LogP contribution in [0, 0.1) is 11.8 Å². The van der Waals surface area contributed by atoms with Crippen molar-refractivity contribution >= 4 is 18.7 Å². The van der Waals surface area contributed by atoms with E-state index in [1.165, 1.54) is 17.4 Å². The fourth-order valence-corrected chi connectivity index (χ4v) is 5.69. The number of rotatable bonds is 5. The molecule has 3 aromatic rings. The van der Waals surface area contributed by atoms with Gasteiger partial charge in [-0.1, -0.05) is 74.2 Å². The van der Waals surface area contributed by atoms with Crippen LogP contribution in [-0.2, 0) is 6.18 Å². The minimum Gasteiger partial charge on any atom is -0.275 e. The summed E-state index contributed by atoms with van der Waals surface area (Å²) >= 11 is 0. The molecular formula is C25H23F3NP. The van der Waals surface area contributed by atoms with E-state index in [0.717, 1.165) is 36.1 Å². The summed E-state index contributed by atoms with van der Waals surface area (Å²) in [6.45, 7) is 6.13. The standard InChI is InChI=1S/C25H23F3NP/c1-3-29(4-2)30(23-11-6-5-7-12-23)24-13-9-8-10-21(24)17-14-20-15-18-22(19-16-20)25(26,27)28/h5-13,15-16,18-19H,3-4H2,1-2H3. The molecular weight excluding hydrogens is 402 g/mol. The molecule has 0 fully saturated rings. The Bertz CT molecular complexity index is 1010. The number of benzene rings is 3. The van der Waals surface area contributed by atoms with Gasteiger partial charge in [0.25, 0.3) is 0 Å². The van der Waals surface area contributed by atoms with Crippen molar-refractivity contribution in [3.8, 4) is 11.8 Å². The van der Waals surface area contributed by atoms with Gasteiger partial charge in [0.05, 0.1) is 5.56 Å². The van der Waals surface area contributed by atoms with Gasteiger partial charge < -0.3 is 0 Å². The first-order valence-corrected chi connectivity index (χ1v) is 11.1. The van der Waals surface area contributed by atoms with E-state index in [1.807, 2.05) is 36.4 Å². The van der Waals surface area contributed by atoms with E-state index in [-0.39, 0.29) is 0 Å². The number of nitrogens with zero attached hydrogens (tertiary/aromatic N) is 1. The molecule has 1 atom stereocenters. The Kier molecular flexibility index (Phi) is 7.32. The van der Waals surface area contributed by atoms with Gasteiger partial charge in [-0.3, -0.25) is 4.67 Å². The second-order valence-electron chi connectivity index (χ2n) is 6.63. The SMILES string of the molecule is CCN(CC)P(c1ccccc1)c1ccccc1C#Cc1ccc(C(F)(F)F)cc1. The summed E-state index contributed by atoms with van der Waals surface area (Å²) in [5.74, 6) is 6.24. The van der Waals surface area contributed by atoms with Crippen LogP contribution in [0.2, 0.25) is 0 Å². The third-order valence-electron chi connectivity index (χ3n) is 4.70. The van der Waals surface area contributed by atoms with Crippen molar-refractivity contribution in [3.63, 3.8) is 0 Å². The minimum absolute atomic E-state index is 0.560. The van der Waals surface area contributed by atoms with Crippen molar-refractivity contribution in [2.75, 3.05) is 13.1 Å². The van der Waals surface area contributed by atoms with E-state index >= 15 is 0 Å². The molecule has 30 heavy (non-hydrogen) atoms. The molecule has 3 aromatic carbocycles. The highest BCUT2D eigenvalue weighted by atomic mass is 31.1. The third-order valence-corrected chi connectivity index (χ3v) is 7.46. The molecule has 0 radical (unpaired) electrons. The van der Waals surface area contributed by atoms with Crippen molar-refractivity contribution in [2.45, 2.75) is 20.0 Å². The lowest BCUT2D eigenvalue weighted by Gasteiger charge is -2.31. The monoisotopic (exact) mass is 425 g/mol. The van der Waals surface area contributed by atoms with Gasteiger partial charge in [-0.25, -0.2) is 0 Å². The zero-order chi connectivity index (χ0) is 21.6. The van der Waals surface area contributed by atoms with E-state index in [0.29, 0.717) is 5.56 Å². The molecule has 0 N–H and O–H groups in total. The van der Waals surface area contributed by atoms with Crippen LogP contribution in [0.15, 0.2) is 78.9 Å². The zero-order valence-corrected chi connectivity index (χ0v) is 17.8. The van der Waals surface area contributed by atoms with Gasteiger partial charge in [-0.2, -0.15) is 13.2 Å². The first-order valence-electron chi connectivity index (χ1n) is 9.82. The lowest BCUT2D eigenvalue weighted by Crippen LogP contribution is -2.29. The van der Waals surface area contributed by atoms with Crippen LogP contribution < -0.4 is 10.6 Å². The number of alkyl halides is 3. The molecule has 0 aromatic heterocycles. The van der Waals surface area contributed by atoms with E-state index in [2.05, 4.69) is 48.6 Å². The molecule has 3 rings (SSSR count). The Morgan fingerprint density at radius 1 is 0.767 bits per heavy atom. The normalized spacial score (nSPS) is 12.3. The van der Waals surface area contributed by atoms with Crippen LogP contribution in [0.3, 0.4) is 0 Å². The highest BCUT2D eigenvalue weighted by Gasteiger charge is 2.29. The Morgan fingerprint density at radius 3 is 1.97 bits per heavy atom. The van der Waals surface area contributed by atoms with Crippen LogP contribution >= 0.6 is 8.07 Å². The Morgan fingerprint density at radius 2 is 1.37 bits per heavy atom. The predicted molar refractivity (Wildman–Crippen MR) is 119 cm³/mol. The first kappa shape index (κ1) is 22.1. The molecule has 1 nitrogen and oxygen atoms in total.